The van der Waals surface area contributed by atoms with Gasteiger partial charge < -0.3 is 10.1 Å². The summed E-state index contributed by atoms with van der Waals surface area (Å²) in [6.07, 6.45) is 4.42. The maximum Gasteiger partial charge on any atom is 0.142 e. The monoisotopic (exact) mass is 305 g/mol. The number of hydrogen-bond acceptors (Lipinski definition) is 4. The second-order valence-corrected chi connectivity index (χ2v) is 5.24. The van der Waals surface area contributed by atoms with Crippen molar-refractivity contribution in [2.24, 2.45) is 0 Å². The highest BCUT2D eigenvalue weighted by Gasteiger charge is 2.07. The Morgan fingerprint density at radius 1 is 1.29 bits per heavy atom. The van der Waals surface area contributed by atoms with Gasteiger partial charge in [0, 0.05) is 30.2 Å². The van der Waals surface area contributed by atoms with E-state index < -0.39 is 0 Å². The molecule has 0 radical (unpaired) electrons. The third-order valence-electron chi connectivity index (χ3n) is 3.03. The van der Waals surface area contributed by atoms with Crippen LogP contribution in [0.15, 0.2) is 30.6 Å². The molecule has 0 amide bonds. The number of halogens is 1. The molecule has 0 atom stereocenters. The maximum absolute atomic E-state index is 6.09. The predicted octanol–water partition coefficient (Wildman–Crippen LogP) is 3.52. The van der Waals surface area contributed by atoms with Gasteiger partial charge in [-0.15, -0.1) is 0 Å². The van der Waals surface area contributed by atoms with Gasteiger partial charge in [-0.25, -0.2) is 0 Å². The zero-order valence-corrected chi connectivity index (χ0v) is 13.2. The summed E-state index contributed by atoms with van der Waals surface area (Å²) in [7, 11) is 0. The topological polar surface area (TPSA) is 47.0 Å². The van der Waals surface area contributed by atoms with Crippen molar-refractivity contribution in [2.75, 3.05) is 6.54 Å². The van der Waals surface area contributed by atoms with Crippen molar-refractivity contribution in [3.8, 4) is 5.75 Å². The highest BCUT2D eigenvalue weighted by atomic mass is 35.5. The van der Waals surface area contributed by atoms with E-state index in [2.05, 4.69) is 22.2 Å². The second kappa shape index (κ2) is 7.96. The average Bonchev–Trinajstić information content (AvgIpc) is 2.48. The van der Waals surface area contributed by atoms with Crippen molar-refractivity contribution in [1.82, 2.24) is 15.3 Å². The quantitative estimate of drug-likeness (QED) is 0.795. The summed E-state index contributed by atoms with van der Waals surface area (Å²) in [6.45, 7) is 6.19. The Balaban J connectivity index is 2.06. The number of rotatable bonds is 7. The fourth-order valence-electron chi connectivity index (χ4n) is 1.92. The lowest BCUT2D eigenvalue weighted by molar-refractivity contribution is 0.300. The first-order valence-electron chi connectivity index (χ1n) is 7.09. The van der Waals surface area contributed by atoms with E-state index in [1.807, 2.05) is 25.1 Å². The van der Waals surface area contributed by atoms with Crippen LogP contribution in [0.2, 0.25) is 5.02 Å². The molecular formula is C16H20ClN3O. The summed E-state index contributed by atoms with van der Waals surface area (Å²) < 4.78 is 5.87. The Hall–Kier alpha value is -1.65. The van der Waals surface area contributed by atoms with Gasteiger partial charge in [0.05, 0.1) is 10.7 Å². The number of hydrogen-bond donors (Lipinski definition) is 1. The number of aromatic nitrogens is 2. The van der Waals surface area contributed by atoms with E-state index in [-0.39, 0.29) is 0 Å². The maximum atomic E-state index is 6.09. The molecule has 1 N–H and O–H groups in total. The largest absolute Gasteiger partial charge is 0.487 e. The molecule has 0 unspecified atom stereocenters. The number of nitrogens with zero attached hydrogens (tertiary/aromatic N) is 2. The summed E-state index contributed by atoms with van der Waals surface area (Å²) in [5.41, 5.74) is 2.82. The Labute approximate surface area is 130 Å². The zero-order chi connectivity index (χ0) is 15.1. The third kappa shape index (κ3) is 4.69. The molecule has 2 rings (SSSR count). The number of aryl methyl sites for hydroxylation is 1. The van der Waals surface area contributed by atoms with Crippen molar-refractivity contribution in [1.29, 1.82) is 0 Å². The minimum atomic E-state index is 0.410. The minimum Gasteiger partial charge on any atom is -0.487 e. The molecule has 21 heavy (non-hydrogen) atoms. The van der Waals surface area contributed by atoms with Gasteiger partial charge in [-0.05, 0) is 38.1 Å². The van der Waals surface area contributed by atoms with Gasteiger partial charge >= 0.3 is 0 Å². The highest BCUT2D eigenvalue weighted by molar-refractivity contribution is 6.31. The fraction of sp³-hybridized carbons (Fsp3) is 0.375. The molecule has 0 bridgehead atoms. The molecule has 112 valence electrons. The van der Waals surface area contributed by atoms with Crippen LogP contribution in [0.25, 0.3) is 0 Å². The minimum absolute atomic E-state index is 0.410. The lowest BCUT2D eigenvalue weighted by atomic mass is 10.2. The van der Waals surface area contributed by atoms with Gasteiger partial charge in [-0.1, -0.05) is 18.5 Å². The molecule has 5 heteroatoms. The van der Waals surface area contributed by atoms with Crippen LogP contribution >= 0.6 is 11.6 Å². The molecule has 0 aliphatic heterocycles. The summed E-state index contributed by atoms with van der Waals surface area (Å²) >= 11 is 6.09. The van der Waals surface area contributed by atoms with E-state index >= 15 is 0 Å². The van der Waals surface area contributed by atoms with Gasteiger partial charge in [0.15, 0.2) is 0 Å². The fourth-order valence-corrected chi connectivity index (χ4v) is 2.09. The molecule has 0 aliphatic rings. The molecule has 2 heterocycles. The first kappa shape index (κ1) is 15.7. The predicted molar refractivity (Wildman–Crippen MR) is 84.6 cm³/mol. The number of pyridine rings is 2. The Morgan fingerprint density at radius 2 is 2.14 bits per heavy atom. The van der Waals surface area contributed by atoms with Crippen LogP contribution in [0, 0.1) is 6.92 Å². The van der Waals surface area contributed by atoms with Crippen LogP contribution in [0.3, 0.4) is 0 Å². The van der Waals surface area contributed by atoms with E-state index in [9.17, 15) is 0 Å². The van der Waals surface area contributed by atoms with Gasteiger partial charge in [-0.3, -0.25) is 9.97 Å². The standard InChI is InChI=1S/C16H20ClN3O/c1-3-7-18-10-15-16(5-4-12(2)20-15)21-11-13-6-8-19-9-14(13)17/h4-6,8-9,18H,3,7,10-11H2,1-2H3. The molecular weight excluding hydrogens is 286 g/mol. The summed E-state index contributed by atoms with van der Waals surface area (Å²) in [5, 5.41) is 3.96. The van der Waals surface area contributed by atoms with Crippen LogP contribution in [0.4, 0.5) is 0 Å². The lowest BCUT2D eigenvalue weighted by Crippen LogP contribution is -2.16. The van der Waals surface area contributed by atoms with Crippen LogP contribution in [-0.2, 0) is 13.2 Å². The lowest BCUT2D eigenvalue weighted by Gasteiger charge is -2.12. The van der Waals surface area contributed by atoms with Gasteiger partial charge in [-0.2, -0.15) is 0 Å². The van der Waals surface area contributed by atoms with Crippen molar-refractivity contribution in [3.05, 3.63) is 52.6 Å². The number of nitrogens with one attached hydrogen (secondary N) is 1. The van der Waals surface area contributed by atoms with Crippen molar-refractivity contribution in [2.45, 2.75) is 33.4 Å². The Kier molecular flexibility index (Phi) is 5.96. The second-order valence-electron chi connectivity index (χ2n) is 4.83. The third-order valence-corrected chi connectivity index (χ3v) is 3.37. The highest BCUT2D eigenvalue weighted by Crippen LogP contribution is 2.20. The van der Waals surface area contributed by atoms with E-state index in [0.29, 0.717) is 18.2 Å². The molecule has 0 fully saturated rings. The van der Waals surface area contributed by atoms with Crippen LogP contribution in [0.5, 0.6) is 5.75 Å². The summed E-state index contributed by atoms with van der Waals surface area (Å²) in [6, 6.07) is 5.77. The van der Waals surface area contributed by atoms with E-state index in [4.69, 9.17) is 16.3 Å². The van der Waals surface area contributed by atoms with Gasteiger partial charge in [0.2, 0.25) is 0 Å². The van der Waals surface area contributed by atoms with Crippen molar-refractivity contribution in [3.63, 3.8) is 0 Å². The summed E-state index contributed by atoms with van der Waals surface area (Å²) in [4.78, 5) is 8.52. The smallest absolute Gasteiger partial charge is 0.142 e. The van der Waals surface area contributed by atoms with Crippen molar-refractivity contribution >= 4 is 11.6 Å². The molecule has 0 aromatic carbocycles. The number of ether oxygens (including phenoxy) is 1. The first-order valence-corrected chi connectivity index (χ1v) is 7.47. The molecule has 2 aromatic heterocycles. The molecule has 4 nitrogen and oxygen atoms in total. The van der Waals surface area contributed by atoms with E-state index in [0.717, 1.165) is 35.7 Å². The van der Waals surface area contributed by atoms with Gasteiger partial charge in [0.1, 0.15) is 12.4 Å². The van der Waals surface area contributed by atoms with Crippen molar-refractivity contribution < 1.29 is 4.74 Å². The van der Waals surface area contributed by atoms with Crippen LogP contribution < -0.4 is 10.1 Å². The van der Waals surface area contributed by atoms with E-state index in [1.54, 1.807) is 12.4 Å². The summed E-state index contributed by atoms with van der Waals surface area (Å²) in [5.74, 6) is 0.789. The normalized spacial score (nSPS) is 10.6. The van der Waals surface area contributed by atoms with E-state index in [1.165, 1.54) is 0 Å². The molecule has 2 aromatic rings. The Morgan fingerprint density at radius 3 is 2.90 bits per heavy atom. The zero-order valence-electron chi connectivity index (χ0n) is 12.4. The molecule has 0 saturated carbocycles. The van der Waals surface area contributed by atoms with Gasteiger partial charge in [0.25, 0.3) is 0 Å². The first-order chi connectivity index (χ1) is 10.2. The Bertz CT molecular complexity index is 589. The molecule has 0 aliphatic carbocycles. The molecule has 0 saturated heterocycles. The SMILES string of the molecule is CCCNCc1nc(C)ccc1OCc1ccncc1Cl. The molecule has 0 spiro atoms. The van der Waals surface area contributed by atoms with Crippen LogP contribution in [0.1, 0.15) is 30.3 Å². The average molecular weight is 306 g/mol. The van der Waals surface area contributed by atoms with Crippen LogP contribution in [-0.4, -0.2) is 16.5 Å².